The molecule has 0 radical (unpaired) electrons. The van der Waals surface area contributed by atoms with E-state index in [2.05, 4.69) is 15.7 Å². The van der Waals surface area contributed by atoms with Gasteiger partial charge in [0.05, 0.1) is 5.60 Å². The van der Waals surface area contributed by atoms with Crippen molar-refractivity contribution >= 4 is 11.6 Å². The van der Waals surface area contributed by atoms with E-state index in [0.29, 0.717) is 24.6 Å². The zero-order valence-corrected chi connectivity index (χ0v) is 9.12. The summed E-state index contributed by atoms with van der Waals surface area (Å²) in [6, 6.07) is 5.43. The van der Waals surface area contributed by atoms with Crippen LogP contribution >= 0.6 is 0 Å². The monoisotopic (exact) mass is 210 g/mol. The molecule has 1 aromatic heterocycles. The Morgan fingerprint density at radius 2 is 2.13 bits per heavy atom. The number of aromatic nitrogens is 1. The van der Waals surface area contributed by atoms with Crippen molar-refractivity contribution in [2.45, 2.75) is 25.9 Å². The van der Waals surface area contributed by atoms with Gasteiger partial charge in [-0.3, -0.25) is 0 Å². The minimum absolute atomic E-state index is 0.463. The van der Waals surface area contributed by atoms with E-state index in [1.807, 2.05) is 19.1 Å². The standard InChI is InChI=1S/C10H18N4O/c1-3-10(2,15)7-12-8-5-4-6-9(13-8)14-11/h4-6,15H,3,7,11H2,1-2H3,(H2,12,13,14). The van der Waals surface area contributed by atoms with Crippen LogP contribution < -0.4 is 16.6 Å². The smallest absolute Gasteiger partial charge is 0.142 e. The fraction of sp³-hybridized carbons (Fsp3) is 0.500. The molecule has 0 spiro atoms. The average Bonchev–Trinajstić information content (AvgIpc) is 2.27. The van der Waals surface area contributed by atoms with Gasteiger partial charge in [-0.05, 0) is 25.5 Å². The lowest BCUT2D eigenvalue weighted by atomic mass is 10.0. The van der Waals surface area contributed by atoms with Gasteiger partial charge >= 0.3 is 0 Å². The topological polar surface area (TPSA) is 83.2 Å². The molecule has 1 atom stereocenters. The number of hydrogen-bond acceptors (Lipinski definition) is 5. The van der Waals surface area contributed by atoms with Crippen LogP contribution in [0.4, 0.5) is 11.6 Å². The summed E-state index contributed by atoms with van der Waals surface area (Å²) in [6.45, 7) is 4.18. The molecular formula is C10H18N4O. The largest absolute Gasteiger partial charge is 0.388 e. The van der Waals surface area contributed by atoms with Gasteiger partial charge in [-0.2, -0.15) is 0 Å². The minimum Gasteiger partial charge on any atom is -0.388 e. The van der Waals surface area contributed by atoms with E-state index < -0.39 is 5.60 Å². The third-order valence-electron chi connectivity index (χ3n) is 2.31. The number of hydrogen-bond donors (Lipinski definition) is 4. The molecule has 0 saturated heterocycles. The van der Waals surface area contributed by atoms with E-state index >= 15 is 0 Å². The lowest BCUT2D eigenvalue weighted by Crippen LogP contribution is -2.32. The van der Waals surface area contributed by atoms with Crippen LogP contribution in [0.1, 0.15) is 20.3 Å². The predicted molar refractivity (Wildman–Crippen MR) is 61.5 cm³/mol. The van der Waals surface area contributed by atoms with E-state index in [1.165, 1.54) is 0 Å². The third-order valence-corrected chi connectivity index (χ3v) is 2.31. The van der Waals surface area contributed by atoms with Crippen LogP contribution in [0, 0.1) is 0 Å². The Balaban J connectivity index is 2.57. The number of nitrogens with zero attached hydrogens (tertiary/aromatic N) is 1. The Hall–Kier alpha value is -1.33. The highest BCUT2D eigenvalue weighted by molar-refractivity contribution is 5.44. The maximum atomic E-state index is 9.78. The molecule has 5 N–H and O–H groups in total. The SMILES string of the molecule is CCC(C)(O)CNc1cccc(NN)n1. The molecule has 0 amide bonds. The van der Waals surface area contributed by atoms with E-state index in [1.54, 1.807) is 13.0 Å². The average molecular weight is 210 g/mol. The summed E-state index contributed by atoms with van der Waals surface area (Å²) in [6.07, 6.45) is 0.689. The molecule has 0 aliphatic heterocycles. The molecular weight excluding hydrogens is 192 g/mol. The van der Waals surface area contributed by atoms with Gasteiger partial charge in [-0.25, -0.2) is 10.8 Å². The van der Waals surface area contributed by atoms with Gasteiger partial charge in [0.15, 0.2) is 0 Å². The van der Waals surface area contributed by atoms with Crippen molar-refractivity contribution in [3.8, 4) is 0 Å². The molecule has 0 saturated carbocycles. The summed E-state index contributed by atoms with van der Waals surface area (Å²) in [5.74, 6) is 6.52. The number of rotatable bonds is 5. The summed E-state index contributed by atoms with van der Waals surface area (Å²) in [4.78, 5) is 4.17. The Kier molecular flexibility index (Phi) is 3.88. The third kappa shape index (κ3) is 3.73. The van der Waals surface area contributed by atoms with E-state index in [-0.39, 0.29) is 0 Å². The van der Waals surface area contributed by atoms with Crippen molar-refractivity contribution in [2.75, 3.05) is 17.3 Å². The molecule has 5 heteroatoms. The van der Waals surface area contributed by atoms with Crippen LogP contribution in [0.3, 0.4) is 0 Å². The molecule has 0 fully saturated rings. The Morgan fingerprint density at radius 1 is 1.47 bits per heavy atom. The van der Waals surface area contributed by atoms with Gasteiger partial charge in [0, 0.05) is 6.54 Å². The van der Waals surface area contributed by atoms with Crippen molar-refractivity contribution in [2.24, 2.45) is 5.84 Å². The summed E-state index contributed by atoms with van der Waals surface area (Å²) in [5.41, 5.74) is 1.75. The van der Waals surface area contributed by atoms with Gasteiger partial charge in [-0.1, -0.05) is 13.0 Å². The quantitative estimate of drug-likeness (QED) is 0.429. The molecule has 5 nitrogen and oxygen atoms in total. The van der Waals surface area contributed by atoms with Crippen LogP contribution in [-0.4, -0.2) is 22.2 Å². The first-order chi connectivity index (χ1) is 7.07. The lowest BCUT2D eigenvalue weighted by molar-refractivity contribution is 0.0696. The second-order valence-corrected chi connectivity index (χ2v) is 3.76. The first kappa shape index (κ1) is 11.7. The Bertz CT molecular complexity index is 314. The number of anilines is 2. The van der Waals surface area contributed by atoms with Gasteiger partial charge < -0.3 is 15.8 Å². The highest BCUT2D eigenvalue weighted by Crippen LogP contribution is 2.12. The van der Waals surface area contributed by atoms with Crippen molar-refractivity contribution < 1.29 is 5.11 Å². The molecule has 84 valence electrons. The number of aliphatic hydroxyl groups is 1. The molecule has 1 aromatic rings. The zero-order chi connectivity index (χ0) is 11.3. The summed E-state index contributed by atoms with van der Waals surface area (Å²) < 4.78 is 0. The first-order valence-corrected chi connectivity index (χ1v) is 4.97. The van der Waals surface area contributed by atoms with Crippen LogP contribution in [-0.2, 0) is 0 Å². The van der Waals surface area contributed by atoms with Gasteiger partial charge in [0.25, 0.3) is 0 Å². The highest BCUT2D eigenvalue weighted by atomic mass is 16.3. The predicted octanol–water partition coefficient (Wildman–Crippen LogP) is 0.940. The van der Waals surface area contributed by atoms with Crippen molar-refractivity contribution in [3.05, 3.63) is 18.2 Å². The first-order valence-electron chi connectivity index (χ1n) is 4.97. The van der Waals surface area contributed by atoms with Crippen LogP contribution in [0.15, 0.2) is 18.2 Å². The normalized spacial score (nSPS) is 14.4. The number of hydrazine groups is 1. The van der Waals surface area contributed by atoms with Crippen molar-refractivity contribution in [1.29, 1.82) is 0 Å². The maximum absolute atomic E-state index is 9.78. The fourth-order valence-corrected chi connectivity index (χ4v) is 1.02. The summed E-state index contributed by atoms with van der Waals surface area (Å²) >= 11 is 0. The van der Waals surface area contributed by atoms with Crippen LogP contribution in [0.5, 0.6) is 0 Å². The Labute approximate surface area is 89.7 Å². The van der Waals surface area contributed by atoms with Crippen LogP contribution in [0.25, 0.3) is 0 Å². The van der Waals surface area contributed by atoms with E-state index in [0.717, 1.165) is 0 Å². The molecule has 0 aliphatic rings. The number of nitrogens with one attached hydrogen (secondary N) is 2. The molecule has 0 aliphatic carbocycles. The fourth-order valence-electron chi connectivity index (χ4n) is 1.02. The van der Waals surface area contributed by atoms with Gasteiger partial charge in [-0.15, -0.1) is 0 Å². The summed E-state index contributed by atoms with van der Waals surface area (Å²) in [5, 5.41) is 12.8. The van der Waals surface area contributed by atoms with E-state index in [9.17, 15) is 5.11 Å². The van der Waals surface area contributed by atoms with E-state index in [4.69, 9.17) is 5.84 Å². The minimum atomic E-state index is -0.714. The molecule has 1 unspecified atom stereocenters. The van der Waals surface area contributed by atoms with Crippen LogP contribution in [0.2, 0.25) is 0 Å². The number of nitrogen functional groups attached to an aromatic ring is 1. The second-order valence-electron chi connectivity index (χ2n) is 3.76. The molecule has 0 bridgehead atoms. The van der Waals surface area contributed by atoms with Gasteiger partial charge in [0.1, 0.15) is 11.6 Å². The van der Waals surface area contributed by atoms with Gasteiger partial charge in [0.2, 0.25) is 0 Å². The number of pyridine rings is 1. The molecule has 1 heterocycles. The second kappa shape index (κ2) is 4.95. The van der Waals surface area contributed by atoms with Crippen molar-refractivity contribution in [1.82, 2.24) is 4.98 Å². The number of nitrogens with two attached hydrogens (primary N) is 1. The lowest BCUT2D eigenvalue weighted by Gasteiger charge is -2.21. The zero-order valence-electron chi connectivity index (χ0n) is 9.12. The maximum Gasteiger partial charge on any atom is 0.142 e. The molecule has 0 aromatic carbocycles. The molecule has 15 heavy (non-hydrogen) atoms. The molecule has 1 rings (SSSR count). The Morgan fingerprint density at radius 3 is 2.73 bits per heavy atom. The highest BCUT2D eigenvalue weighted by Gasteiger charge is 2.16. The summed E-state index contributed by atoms with van der Waals surface area (Å²) in [7, 11) is 0. The van der Waals surface area contributed by atoms with Crippen molar-refractivity contribution in [3.63, 3.8) is 0 Å².